The molecule has 3 heteroatoms. The minimum Gasteiger partial charge on any atom is -0.395 e. The first-order chi connectivity index (χ1) is 8.24. The van der Waals surface area contributed by atoms with Crippen molar-refractivity contribution in [3.8, 4) is 0 Å². The van der Waals surface area contributed by atoms with Crippen LogP contribution in [-0.2, 0) is 0 Å². The molecular formula is C14H21FN2. The fourth-order valence-electron chi connectivity index (χ4n) is 2.70. The Morgan fingerprint density at radius 3 is 2.94 bits per heavy atom. The molecule has 0 saturated carbocycles. The van der Waals surface area contributed by atoms with Crippen LogP contribution >= 0.6 is 0 Å². The van der Waals surface area contributed by atoms with Gasteiger partial charge in [-0.25, -0.2) is 4.39 Å². The largest absolute Gasteiger partial charge is 0.395 e. The van der Waals surface area contributed by atoms with Gasteiger partial charge < -0.3 is 10.6 Å². The quantitative estimate of drug-likeness (QED) is 0.795. The number of hydrogen-bond donors (Lipinski definition) is 1. The number of para-hydroxylation sites is 1. The van der Waals surface area contributed by atoms with Crippen LogP contribution in [0.5, 0.6) is 0 Å². The molecule has 1 aliphatic rings. The van der Waals surface area contributed by atoms with Crippen LogP contribution in [0.2, 0.25) is 0 Å². The second-order valence-electron chi connectivity index (χ2n) is 4.78. The van der Waals surface area contributed by atoms with Crippen molar-refractivity contribution >= 4 is 11.4 Å². The highest BCUT2D eigenvalue weighted by atomic mass is 19.1. The summed E-state index contributed by atoms with van der Waals surface area (Å²) >= 11 is 0. The van der Waals surface area contributed by atoms with Gasteiger partial charge in [0.05, 0.1) is 11.4 Å². The number of nitrogens with zero attached hydrogens (tertiary/aromatic N) is 1. The van der Waals surface area contributed by atoms with E-state index in [9.17, 15) is 4.39 Å². The Morgan fingerprint density at radius 2 is 2.18 bits per heavy atom. The first-order valence-electron chi connectivity index (χ1n) is 6.54. The average Bonchev–Trinajstić information content (AvgIpc) is 2.57. The van der Waals surface area contributed by atoms with E-state index in [4.69, 9.17) is 5.73 Å². The van der Waals surface area contributed by atoms with Crippen LogP contribution < -0.4 is 10.6 Å². The zero-order chi connectivity index (χ0) is 12.3. The highest BCUT2D eigenvalue weighted by molar-refractivity contribution is 5.68. The number of nitrogens with two attached hydrogens (primary N) is 1. The number of rotatable bonds is 2. The molecule has 1 aliphatic heterocycles. The summed E-state index contributed by atoms with van der Waals surface area (Å²) < 4.78 is 13.5. The molecule has 0 radical (unpaired) electrons. The van der Waals surface area contributed by atoms with E-state index < -0.39 is 0 Å². The maximum absolute atomic E-state index is 13.5. The normalized spacial score (nSPS) is 21.3. The summed E-state index contributed by atoms with van der Waals surface area (Å²) in [6.07, 6.45) is 5.99. The summed E-state index contributed by atoms with van der Waals surface area (Å²) in [7, 11) is 0. The third kappa shape index (κ3) is 2.54. The molecule has 0 aliphatic carbocycles. The lowest BCUT2D eigenvalue weighted by Gasteiger charge is -2.32. The number of anilines is 2. The van der Waals surface area contributed by atoms with Crippen molar-refractivity contribution in [3.63, 3.8) is 0 Å². The van der Waals surface area contributed by atoms with E-state index in [1.165, 1.54) is 31.7 Å². The van der Waals surface area contributed by atoms with Gasteiger partial charge in [-0.3, -0.25) is 0 Å². The van der Waals surface area contributed by atoms with Gasteiger partial charge in [-0.1, -0.05) is 25.8 Å². The zero-order valence-corrected chi connectivity index (χ0v) is 10.5. The summed E-state index contributed by atoms with van der Waals surface area (Å²) in [5, 5.41) is 0. The van der Waals surface area contributed by atoms with E-state index in [2.05, 4.69) is 11.8 Å². The third-order valence-electron chi connectivity index (χ3n) is 3.69. The van der Waals surface area contributed by atoms with E-state index in [1.807, 2.05) is 6.07 Å². The lowest BCUT2D eigenvalue weighted by Crippen LogP contribution is -2.35. The van der Waals surface area contributed by atoms with Crippen molar-refractivity contribution < 1.29 is 4.39 Å². The highest BCUT2D eigenvalue weighted by Crippen LogP contribution is 2.31. The predicted octanol–water partition coefficient (Wildman–Crippen LogP) is 3.57. The van der Waals surface area contributed by atoms with E-state index in [0.29, 0.717) is 11.7 Å². The molecule has 2 N–H and O–H groups in total. The molecule has 0 amide bonds. The van der Waals surface area contributed by atoms with Gasteiger partial charge in [0, 0.05) is 12.6 Å². The van der Waals surface area contributed by atoms with Crippen molar-refractivity contribution in [3.05, 3.63) is 24.0 Å². The Morgan fingerprint density at radius 1 is 1.35 bits per heavy atom. The molecule has 1 aromatic carbocycles. The number of benzene rings is 1. The maximum Gasteiger partial charge on any atom is 0.148 e. The summed E-state index contributed by atoms with van der Waals surface area (Å²) in [5.41, 5.74) is 7.04. The van der Waals surface area contributed by atoms with Crippen molar-refractivity contribution in [1.29, 1.82) is 0 Å². The lowest BCUT2D eigenvalue weighted by atomic mass is 10.1. The van der Waals surface area contributed by atoms with Crippen LogP contribution in [0.1, 0.15) is 39.0 Å². The molecule has 94 valence electrons. The Hall–Kier alpha value is -1.25. The van der Waals surface area contributed by atoms with Gasteiger partial charge in [0.1, 0.15) is 5.82 Å². The minimum absolute atomic E-state index is 0.299. The highest BCUT2D eigenvalue weighted by Gasteiger charge is 2.22. The molecule has 1 saturated heterocycles. The molecule has 0 aromatic heterocycles. The molecule has 17 heavy (non-hydrogen) atoms. The van der Waals surface area contributed by atoms with Crippen LogP contribution in [0.15, 0.2) is 18.2 Å². The molecule has 2 rings (SSSR count). The van der Waals surface area contributed by atoms with Crippen LogP contribution in [0, 0.1) is 5.82 Å². The van der Waals surface area contributed by atoms with Gasteiger partial charge >= 0.3 is 0 Å². The molecule has 1 heterocycles. The average molecular weight is 236 g/mol. The molecule has 2 nitrogen and oxygen atoms in total. The van der Waals surface area contributed by atoms with Crippen molar-refractivity contribution in [2.75, 3.05) is 17.2 Å². The Labute approximate surface area is 103 Å². The second kappa shape index (κ2) is 5.39. The summed E-state index contributed by atoms with van der Waals surface area (Å²) in [4.78, 5) is 2.30. The number of nitrogen functional groups attached to an aromatic ring is 1. The Kier molecular flexibility index (Phi) is 3.87. The Balaban J connectivity index is 2.31. The number of halogens is 1. The van der Waals surface area contributed by atoms with E-state index in [0.717, 1.165) is 18.7 Å². The van der Waals surface area contributed by atoms with Crippen LogP contribution in [0.4, 0.5) is 15.8 Å². The third-order valence-corrected chi connectivity index (χ3v) is 3.69. The van der Waals surface area contributed by atoms with Gasteiger partial charge in [-0.2, -0.15) is 0 Å². The topological polar surface area (TPSA) is 29.3 Å². The van der Waals surface area contributed by atoms with E-state index in [-0.39, 0.29) is 5.82 Å². The first kappa shape index (κ1) is 12.2. The van der Waals surface area contributed by atoms with Gasteiger partial charge in [-0.15, -0.1) is 0 Å². The van der Waals surface area contributed by atoms with E-state index >= 15 is 0 Å². The van der Waals surface area contributed by atoms with Crippen molar-refractivity contribution in [2.24, 2.45) is 0 Å². The monoisotopic (exact) mass is 236 g/mol. The molecule has 0 spiro atoms. The van der Waals surface area contributed by atoms with Crippen LogP contribution in [-0.4, -0.2) is 12.6 Å². The molecule has 1 atom stereocenters. The van der Waals surface area contributed by atoms with Crippen LogP contribution in [0.3, 0.4) is 0 Å². The smallest absolute Gasteiger partial charge is 0.148 e. The van der Waals surface area contributed by atoms with Gasteiger partial charge in [0.2, 0.25) is 0 Å². The summed E-state index contributed by atoms with van der Waals surface area (Å²) in [5.74, 6) is -0.304. The van der Waals surface area contributed by atoms with Gasteiger partial charge in [0.25, 0.3) is 0 Å². The molecule has 1 aromatic rings. The zero-order valence-electron chi connectivity index (χ0n) is 10.5. The molecule has 1 fully saturated rings. The SMILES string of the molecule is CCC1CCCCCN1c1cccc(F)c1N. The Bertz CT molecular complexity index is 378. The standard InChI is InChI=1S/C14H21FN2/c1-2-11-7-4-3-5-10-17(11)13-9-6-8-12(15)14(13)16/h6,8-9,11H,2-5,7,10,16H2,1H3. The number of hydrogen-bond acceptors (Lipinski definition) is 2. The van der Waals surface area contributed by atoms with Gasteiger partial charge in [-0.05, 0) is 31.4 Å². The van der Waals surface area contributed by atoms with Crippen molar-refractivity contribution in [2.45, 2.75) is 45.1 Å². The molecule has 1 unspecified atom stereocenters. The van der Waals surface area contributed by atoms with Crippen LogP contribution in [0.25, 0.3) is 0 Å². The first-order valence-corrected chi connectivity index (χ1v) is 6.54. The summed E-state index contributed by atoms with van der Waals surface area (Å²) in [6.45, 7) is 3.19. The fraction of sp³-hybridized carbons (Fsp3) is 0.571. The predicted molar refractivity (Wildman–Crippen MR) is 70.7 cm³/mol. The second-order valence-corrected chi connectivity index (χ2v) is 4.78. The minimum atomic E-state index is -0.304. The van der Waals surface area contributed by atoms with Gasteiger partial charge in [0.15, 0.2) is 0 Å². The molecule has 0 bridgehead atoms. The fourth-order valence-corrected chi connectivity index (χ4v) is 2.70. The summed E-state index contributed by atoms with van der Waals surface area (Å²) in [6, 6.07) is 5.62. The molecular weight excluding hydrogens is 215 g/mol. The van der Waals surface area contributed by atoms with Crippen molar-refractivity contribution in [1.82, 2.24) is 0 Å². The lowest BCUT2D eigenvalue weighted by molar-refractivity contribution is 0.555. The maximum atomic E-state index is 13.5. The van der Waals surface area contributed by atoms with E-state index in [1.54, 1.807) is 6.07 Å².